The molecule has 0 aliphatic carbocycles. The first-order valence-corrected chi connectivity index (χ1v) is 13.4. The van der Waals surface area contributed by atoms with E-state index in [0.717, 1.165) is 19.3 Å². The highest BCUT2D eigenvalue weighted by Crippen LogP contribution is 2.25. The van der Waals surface area contributed by atoms with E-state index in [1.54, 1.807) is 20.8 Å². The lowest BCUT2D eigenvalue weighted by atomic mass is 10.0. The standard InChI is InChI=1S/C27H46O9/c1-5-6-7-8-9-10-11-12-13-14-15-16-17-18-21(29)33-19-20(28)23-22(30)24(25(31)34-23)35-26(32)36-27(2,3)4/h20,23,28,30H,5-19H2,1-4H3. The lowest BCUT2D eigenvalue weighted by Crippen LogP contribution is -2.33. The molecule has 0 fully saturated rings. The van der Waals surface area contributed by atoms with Gasteiger partial charge in [-0.3, -0.25) is 4.79 Å². The SMILES string of the molecule is CCCCCCCCCCCCCCCC(=O)OCC(O)C1OC(=O)C(OC(=O)OC(C)(C)C)=C1O. The summed E-state index contributed by atoms with van der Waals surface area (Å²) >= 11 is 0. The summed E-state index contributed by atoms with van der Waals surface area (Å²) in [5.74, 6) is -3.12. The number of carbonyl (C=O) groups is 3. The Hall–Kier alpha value is -2.29. The number of aliphatic hydroxyl groups excluding tert-OH is 2. The normalized spacial score (nSPS) is 16.6. The monoisotopic (exact) mass is 514 g/mol. The number of cyclic esters (lactones) is 1. The van der Waals surface area contributed by atoms with Gasteiger partial charge in [0.2, 0.25) is 0 Å². The average Bonchev–Trinajstić information content (AvgIpc) is 3.07. The van der Waals surface area contributed by atoms with Crippen LogP contribution in [0.2, 0.25) is 0 Å². The van der Waals surface area contributed by atoms with E-state index in [1.807, 2.05) is 0 Å². The van der Waals surface area contributed by atoms with Crippen LogP contribution in [0.25, 0.3) is 0 Å². The van der Waals surface area contributed by atoms with Crippen LogP contribution in [0, 0.1) is 0 Å². The van der Waals surface area contributed by atoms with Crippen molar-refractivity contribution in [3.8, 4) is 0 Å². The maximum Gasteiger partial charge on any atom is 0.514 e. The van der Waals surface area contributed by atoms with Crippen LogP contribution >= 0.6 is 0 Å². The molecule has 0 aromatic carbocycles. The molecule has 1 rings (SSSR count). The van der Waals surface area contributed by atoms with Crippen LogP contribution in [0.1, 0.15) is 118 Å². The fourth-order valence-corrected chi connectivity index (χ4v) is 3.79. The summed E-state index contributed by atoms with van der Waals surface area (Å²) in [6, 6.07) is 0. The van der Waals surface area contributed by atoms with E-state index >= 15 is 0 Å². The van der Waals surface area contributed by atoms with E-state index in [1.165, 1.54) is 57.8 Å². The van der Waals surface area contributed by atoms with E-state index in [0.29, 0.717) is 6.42 Å². The summed E-state index contributed by atoms with van der Waals surface area (Å²) < 4.78 is 19.5. The molecular weight excluding hydrogens is 468 g/mol. The van der Waals surface area contributed by atoms with Crippen molar-refractivity contribution < 1.29 is 43.5 Å². The van der Waals surface area contributed by atoms with Crippen molar-refractivity contribution in [3.05, 3.63) is 11.5 Å². The van der Waals surface area contributed by atoms with Gasteiger partial charge < -0.3 is 29.2 Å². The predicted molar refractivity (Wildman–Crippen MR) is 134 cm³/mol. The number of hydrogen-bond donors (Lipinski definition) is 2. The Morgan fingerprint density at radius 2 is 1.42 bits per heavy atom. The molecule has 2 N–H and O–H groups in total. The number of carbonyl (C=O) groups excluding carboxylic acids is 3. The van der Waals surface area contributed by atoms with Gasteiger partial charge in [0.1, 0.15) is 18.3 Å². The van der Waals surface area contributed by atoms with Crippen LogP contribution < -0.4 is 0 Å². The number of rotatable bonds is 18. The second-order valence-electron chi connectivity index (χ2n) is 10.3. The van der Waals surface area contributed by atoms with Crippen molar-refractivity contribution in [1.29, 1.82) is 0 Å². The number of aliphatic hydroxyl groups is 2. The summed E-state index contributed by atoms with van der Waals surface area (Å²) in [6.07, 6.45) is 11.7. The van der Waals surface area contributed by atoms with Gasteiger partial charge in [-0.15, -0.1) is 0 Å². The first kappa shape index (κ1) is 31.7. The van der Waals surface area contributed by atoms with Crippen LogP contribution in [-0.2, 0) is 28.5 Å². The molecule has 0 aromatic rings. The zero-order chi connectivity index (χ0) is 27.0. The van der Waals surface area contributed by atoms with Crippen LogP contribution in [0.4, 0.5) is 4.79 Å². The molecule has 36 heavy (non-hydrogen) atoms. The minimum atomic E-state index is -1.51. The molecule has 0 radical (unpaired) electrons. The average molecular weight is 515 g/mol. The van der Waals surface area contributed by atoms with Crippen molar-refractivity contribution >= 4 is 18.1 Å². The Bertz CT molecular complexity index is 709. The van der Waals surface area contributed by atoms with E-state index in [-0.39, 0.29) is 6.42 Å². The first-order chi connectivity index (χ1) is 17.0. The predicted octanol–water partition coefficient (Wildman–Crippen LogP) is 6.02. The third-order valence-electron chi connectivity index (χ3n) is 5.75. The molecule has 2 unspecified atom stereocenters. The van der Waals surface area contributed by atoms with Gasteiger partial charge in [-0.2, -0.15) is 0 Å². The highest BCUT2D eigenvalue weighted by atomic mass is 16.7. The Morgan fingerprint density at radius 3 is 1.92 bits per heavy atom. The number of ether oxygens (including phenoxy) is 4. The molecule has 9 heteroatoms. The van der Waals surface area contributed by atoms with E-state index < -0.39 is 54.0 Å². The smallest absolute Gasteiger partial charge is 0.505 e. The van der Waals surface area contributed by atoms with Gasteiger partial charge in [0.15, 0.2) is 11.9 Å². The number of unbranched alkanes of at least 4 members (excludes halogenated alkanes) is 12. The Balaban J connectivity index is 2.16. The highest BCUT2D eigenvalue weighted by molar-refractivity contribution is 5.91. The maximum absolute atomic E-state index is 12.0. The van der Waals surface area contributed by atoms with E-state index in [2.05, 4.69) is 6.92 Å². The number of esters is 2. The summed E-state index contributed by atoms with van der Waals surface area (Å²) in [4.78, 5) is 35.6. The lowest BCUT2D eigenvalue weighted by molar-refractivity contribution is -0.154. The summed E-state index contributed by atoms with van der Waals surface area (Å²) in [5, 5.41) is 20.3. The van der Waals surface area contributed by atoms with Crippen molar-refractivity contribution in [1.82, 2.24) is 0 Å². The molecule has 0 spiro atoms. The molecular formula is C27H46O9. The topological polar surface area (TPSA) is 129 Å². The van der Waals surface area contributed by atoms with Gasteiger partial charge in [0.25, 0.3) is 5.76 Å². The van der Waals surface area contributed by atoms with Crippen LogP contribution in [0.3, 0.4) is 0 Å². The first-order valence-electron chi connectivity index (χ1n) is 13.4. The quantitative estimate of drug-likeness (QED) is 0.128. The molecule has 0 saturated carbocycles. The number of hydrogen-bond acceptors (Lipinski definition) is 9. The summed E-state index contributed by atoms with van der Waals surface area (Å²) in [5.41, 5.74) is -0.865. The van der Waals surface area contributed by atoms with Crippen molar-refractivity contribution in [3.63, 3.8) is 0 Å². The van der Waals surface area contributed by atoms with E-state index in [9.17, 15) is 24.6 Å². The summed E-state index contributed by atoms with van der Waals surface area (Å²) in [6.45, 7) is 6.58. The molecule has 1 heterocycles. The third kappa shape index (κ3) is 13.7. The molecule has 2 atom stereocenters. The molecule has 208 valence electrons. The van der Waals surface area contributed by atoms with Crippen molar-refractivity contribution in [2.75, 3.05) is 6.61 Å². The molecule has 0 bridgehead atoms. The highest BCUT2D eigenvalue weighted by Gasteiger charge is 2.42. The minimum Gasteiger partial charge on any atom is -0.505 e. The molecule has 0 aromatic heterocycles. The van der Waals surface area contributed by atoms with Gasteiger partial charge in [0, 0.05) is 6.42 Å². The summed E-state index contributed by atoms with van der Waals surface area (Å²) in [7, 11) is 0. The van der Waals surface area contributed by atoms with Gasteiger partial charge in [-0.1, -0.05) is 84.0 Å². The molecule has 1 aliphatic rings. The zero-order valence-corrected chi connectivity index (χ0v) is 22.5. The largest absolute Gasteiger partial charge is 0.514 e. The van der Waals surface area contributed by atoms with Crippen LogP contribution in [0.5, 0.6) is 0 Å². The van der Waals surface area contributed by atoms with Crippen LogP contribution in [0.15, 0.2) is 11.5 Å². The van der Waals surface area contributed by atoms with Gasteiger partial charge >= 0.3 is 18.1 Å². The second-order valence-corrected chi connectivity index (χ2v) is 10.3. The van der Waals surface area contributed by atoms with Gasteiger partial charge in [-0.25, -0.2) is 9.59 Å². The van der Waals surface area contributed by atoms with E-state index in [4.69, 9.17) is 18.9 Å². The molecule has 0 amide bonds. The zero-order valence-electron chi connectivity index (χ0n) is 22.5. The van der Waals surface area contributed by atoms with Crippen LogP contribution in [-0.4, -0.2) is 52.7 Å². The molecule has 1 aliphatic heterocycles. The maximum atomic E-state index is 12.0. The molecule has 9 nitrogen and oxygen atoms in total. The third-order valence-corrected chi connectivity index (χ3v) is 5.75. The lowest BCUT2D eigenvalue weighted by Gasteiger charge is -2.18. The van der Waals surface area contributed by atoms with Crippen molar-refractivity contribution in [2.45, 2.75) is 135 Å². The van der Waals surface area contributed by atoms with Gasteiger partial charge in [-0.05, 0) is 27.2 Å². The fraction of sp³-hybridized carbons (Fsp3) is 0.815. The Kier molecular flexibility index (Phi) is 15.2. The van der Waals surface area contributed by atoms with Crippen molar-refractivity contribution in [2.24, 2.45) is 0 Å². The fourth-order valence-electron chi connectivity index (χ4n) is 3.79. The minimum absolute atomic E-state index is 0.226. The Morgan fingerprint density at radius 1 is 0.917 bits per heavy atom. The molecule has 0 saturated heterocycles. The second kappa shape index (κ2) is 17.2. The Labute approximate surface area is 215 Å². The van der Waals surface area contributed by atoms with Gasteiger partial charge in [0.05, 0.1) is 0 Å².